The molecule has 1 saturated heterocycles. The second-order valence-corrected chi connectivity index (χ2v) is 4.98. The molecule has 0 amide bonds. The minimum Gasteiger partial charge on any atom is -0.398 e. The van der Waals surface area contributed by atoms with Crippen molar-refractivity contribution in [1.82, 2.24) is 15.2 Å². The molecule has 2 rings (SSSR count). The minimum absolute atomic E-state index is 0.207. The Morgan fingerprint density at radius 1 is 1.63 bits per heavy atom. The van der Waals surface area contributed by atoms with Crippen molar-refractivity contribution in [3.8, 4) is 0 Å². The molecule has 5 heteroatoms. The lowest BCUT2D eigenvalue weighted by atomic mass is 10.0. The number of morpholine rings is 1. The zero-order valence-corrected chi connectivity index (χ0v) is 11.8. The molecule has 1 aliphatic rings. The third kappa shape index (κ3) is 3.65. The fourth-order valence-corrected chi connectivity index (χ4v) is 2.53. The summed E-state index contributed by atoms with van der Waals surface area (Å²) >= 11 is 0. The van der Waals surface area contributed by atoms with Crippen molar-refractivity contribution >= 4 is 5.69 Å². The van der Waals surface area contributed by atoms with Gasteiger partial charge in [0.15, 0.2) is 0 Å². The molecule has 2 unspecified atom stereocenters. The Morgan fingerprint density at radius 3 is 3.16 bits per heavy atom. The maximum absolute atomic E-state index is 5.99. The van der Waals surface area contributed by atoms with Crippen LogP contribution in [0.3, 0.4) is 0 Å². The van der Waals surface area contributed by atoms with Crippen LogP contribution in [-0.4, -0.2) is 55.3 Å². The summed E-state index contributed by atoms with van der Waals surface area (Å²) in [6.45, 7) is 6.07. The Balaban J connectivity index is 2.01. The van der Waals surface area contributed by atoms with Crippen LogP contribution < -0.4 is 11.1 Å². The highest BCUT2D eigenvalue weighted by Gasteiger charge is 2.27. The summed E-state index contributed by atoms with van der Waals surface area (Å²) in [5.74, 6) is 0. The van der Waals surface area contributed by atoms with Crippen molar-refractivity contribution in [1.29, 1.82) is 0 Å². The molecular weight excluding hydrogens is 240 g/mol. The molecule has 2 atom stereocenters. The van der Waals surface area contributed by atoms with Gasteiger partial charge in [-0.15, -0.1) is 0 Å². The summed E-state index contributed by atoms with van der Waals surface area (Å²) in [6.07, 6.45) is 4.63. The van der Waals surface area contributed by atoms with Crippen LogP contribution in [0, 0.1) is 0 Å². The number of hydrogen-bond donors (Lipinski definition) is 2. The van der Waals surface area contributed by atoms with Crippen molar-refractivity contribution in [2.24, 2.45) is 0 Å². The van der Waals surface area contributed by atoms with Gasteiger partial charge in [0.2, 0.25) is 0 Å². The molecule has 1 aromatic heterocycles. The van der Waals surface area contributed by atoms with E-state index in [1.165, 1.54) is 0 Å². The number of anilines is 1. The zero-order valence-electron chi connectivity index (χ0n) is 11.8. The smallest absolute Gasteiger partial charge is 0.0858 e. The predicted octanol–water partition coefficient (Wildman–Crippen LogP) is 0.515. The van der Waals surface area contributed by atoms with Crippen LogP contribution in [0.15, 0.2) is 18.5 Å². The monoisotopic (exact) mass is 264 g/mol. The van der Waals surface area contributed by atoms with E-state index in [1.54, 1.807) is 6.20 Å². The standard InChI is InChI=1S/C14H24N4O/c1-3-18-6-7-19-14(10-18)13(16-2)8-11-9-17-5-4-12(11)15/h4-5,9,13-14,16H,3,6-8,10H2,1-2H3,(H2,15,17). The highest BCUT2D eigenvalue weighted by Crippen LogP contribution is 2.16. The Bertz CT molecular complexity index is 399. The second kappa shape index (κ2) is 6.84. The Kier molecular flexibility index (Phi) is 5.13. The number of likely N-dealkylation sites (N-methyl/N-ethyl adjacent to an activating group) is 2. The summed E-state index contributed by atoms with van der Waals surface area (Å²) in [5.41, 5.74) is 7.87. The highest BCUT2D eigenvalue weighted by atomic mass is 16.5. The number of pyridine rings is 1. The van der Waals surface area contributed by atoms with Gasteiger partial charge < -0.3 is 15.8 Å². The molecule has 0 spiro atoms. The van der Waals surface area contributed by atoms with Crippen molar-refractivity contribution in [3.63, 3.8) is 0 Å². The van der Waals surface area contributed by atoms with Gasteiger partial charge in [-0.1, -0.05) is 6.92 Å². The number of hydrogen-bond acceptors (Lipinski definition) is 5. The van der Waals surface area contributed by atoms with E-state index in [-0.39, 0.29) is 12.1 Å². The topological polar surface area (TPSA) is 63.4 Å². The largest absolute Gasteiger partial charge is 0.398 e. The van der Waals surface area contributed by atoms with Crippen LogP contribution in [0.2, 0.25) is 0 Å². The third-order valence-corrected chi connectivity index (χ3v) is 3.83. The van der Waals surface area contributed by atoms with E-state index in [4.69, 9.17) is 10.5 Å². The Labute approximate surface area is 115 Å². The van der Waals surface area contributed by atoms with Gasteiger partial charge in [0.25, 0.3) is 0 Å². The summed E-state index contributed by atoms with van der Waals surface area (Å²) in [7, 11) is 1.98. The fraction of sp³-hybridized carbons (Fsp3) is 0.643. The SMILES string of the molecule is CCN1CCOC(C(Cc2cnccc2N)NC)C1. The average molecular weight is 264 g/mol. The maximum atomic E-state index is 5.99. The lowest BCUT2D eigenvalue weighted by molar-refractivity contribution is -0.0435. The zero-order chi connectivity index (χ0) is 13.7. The third-order valence-electron chi connectivity index (χ3n) is 3.83. The molecular formula is C14H24N4O. The van der Waals surface area contributed by atoms with Gasteiger partial charge in [-0.3, -0.25) is 9.88 Å². The van der Waals surface area contributed by atoms with Gasteiger partial charge in [0.1, 0.15) is 0 Å². The number of aromatic nitrogens is 1. The highest BCUT2D eigenvalue weighted by molar-refractivity contribution is 5.44. The predicted molar refractivity (Wildman–Crippen MR) is 77.1 cm³/mol. The van der Waals surface area contributed by atoms with Gasteiger partial charge in [-0.25, -0.2) is 0 Å². The number of rotatable bonds is 5. The second-order valence-electron chi connectivity index (χ2n) is 4.98. The van der Waals surface area contributed by atoms with Crippen molar-refractivity contribution in [2.75, 3.05) is 39.0 Å². The van der Waals surface area contributed by atoms with Gasteiger partial charge in [0.05, 0.1) is 12.7 Å². The molecule has 1 fully saturated rings. The van der Waals surface area contributed by atoms with E-state index in [1.807, 2.05) is 19.3 Å². The minimum atomic E-state index is 0.207. The van der Waals surface area contributed by atoms with E-state index in [9.17, 15) is 0 Å². The molecule has 0 aliphatic carbocycles. The molecule has 1 aliphatic heterocycles. The normalized spacial score (nSPS) is 22.3. The van der Waals surface area contributed by atoms with E-state index in [0.717, 1.165) is 43.9 Å². The van der Waals surface area contributed by atoms with Crippen LogP contribution in [0.4, 0.5) is 5.69 Å². The van der Waals surface area contributed by atoms with Crippen LogP contribution in [0.5, 0.6) is 0 Å². The quantitative estimate of drug-likeness (QED) is 0.811. The molecule has 0 aromatic carbocycles. The first-order chi connectivity index (χ1) is 9.24. The average Bonchev–Trinajstić information content (AvgIpc) is 2.46. The van der Waals surface area contributed by atoms with Gasteiger partial charge in [0, 0.05) is 37.2 Å². The Hall–Kier alpha value is -1.17. The molecule has 0 radical (unpaired) electrons. The van der Waals surface area contributed by atoms with Crippen molar-refractivity contribution < 1.29 is 4.74 Å². The van der Waals surface area contributed by atoms with Crippen molar-refractivity contribution in [2.45, 2.75) is 25.5 Å². The van der Waals surface area contributed by atoms with Gasteiger partial charge in [-0.05, 0) is 31.6 Å². The number of nitrogens with two attached hydrogens (primary N) is 1. The van der Waals surface area contributed by atoms with Crippen molar-refractivity contribution in [3.05, 3.63) is 24.0 Å². The van der Waals surface area contributed by atoms with Gasteiger partial charge in [-0.2, -0.15) is 0 Å². The molecule has 3 N–H and O–H groups in total. The van der Waals surface area contributed by atoms with E-state index >= 15 is 0 Å². The molecule has 5 nitrogen and oxygen atoms in total. The molecule has 0 bridgehead atoms. The molecule has 106 valence electrons. The first kappa shape index (κ1) is 14.2. The number of nitrogens with zero attached hydrogens (tertiary/aromatic N) is 2. The Morgan fingerprint density at radius 2 is 2.47 bits per heavy atom. The van der Waals surface area contributed by atoms with Crippen LogP contribution >= 0.6 is 0 Å². The summed E-state index contributed by atoms with van der Waals surface area (Å²) < 4.78 is 5.91. The van der Waals surface area contributed by atoms with E-state index < -0.39 is 0 Å². The lowest BCUT2D eigenvalue weighted by Crippen LogP contribution is -2.52. The van der Waals surface area contributed by atoms with Gasteiger partial charge >= 0.3 is 0 Å². The van der Waals surface area contributed by atoms with Crippen LogP contribution in [-0.2, 0) is 11.2 Å². The number of ether oxygens (including phenoxy) is 1. The fourth-order valence-electron chi connectivity index (χ4n) is 2.53. The first-order valence-electron chi connectivity index (χ1n) is 6.94. The number of nitrogens with one attached hydrogen (secondary N) is 1. The lowest BCUT2D eigenvalue weighted by Gasteiger charge is -2.36. The first-order valence-corrected chi connectivity index (χ1v) is 6.94. The number of nitrogen functional groups attached to an aromatic ring is 1. The summed E-state index contributed by atoms with van der Waals surface area (Å²) in [5, 5.41) is 3.36. The maximum Gasteiger partial charge on any atom is 0.0858 e. The van der Waals surface area contributed by atoms with Crippen LogP contribution in [0.25, 0.3) is 0 Å². The molecule has 1 aromatic rings. The van der Waals surface area contributed by atoms with Crippen LogP contribution in [0.1, 0.15) is 12.5 Å². The molecule has 19 heavy (non-hydrogen) atoms. The summed E-state index contributed by atoms with van der Waals surface area (Å²) in [4.78, 5) is 6.57. The molecule has 0 saturated carbocycles. The molecule has 2 heterocycles. The summed E-state index contributed by atoms with van der Waals surface area (Å²) in [6, 6.07) is 2.11. The van der Waals surface area contributed by atoms with E-state index in [0.29, 0.717) is 0 Å². The van der Waals surface area contributed by atoms with E-state index in [2.05, 4.69) is 22.1 Å².